The third-order valence-electron chi connectivity index (χ3n) is 3.09. The Bertz CT molecular complexity index is 389. The quantitative estimate of drug-likeness (QED) is 0.757. The minimum absolute atomic E-state index is 0.0195. The van der Waals surface area contributed by atoms with Gasteiger partial charge in [-0.25, -0.2) is 0 Å². The van der Waals surface area contributed by atoms with Gasteiger partial charge >= 0.3 is 0 Å². The first-order chi connectivity index (χ1) is 8.22. The highest BCUT2D eigenvalue weighted by Crippen LogP contribution is 2.24. The number of benzene rings is 1. The first-order valence-electron chi connectivity index (χ1n) is 6.98. The highest BCUT2D eigenvalue weighted by atomic mass is 28.2. The molecule has 1 rings (SSSR count). The zero-order valence-electron chi connectivity index (χ0n) is 13.0. The van der Waals surface area contributed by atoms with Gasteiger partial charge in [0.2, 0.25) is 0 Å². The fraction of sp³-hybridized carbons (Fsp3) is 0.625. The first-order valence-corrected chi connectivity index (χ1v) is 8.26. The molecule has 1 nitrogen and oxygen atoms in total. The highest BCUT2D eigenvalue weighted by molar-refractivity contribution is 6.47. The van der Waals surface area contributed by atoms with E-state index in [1.165, 1.54) is 16.3 Å². The Balaban J connectivity index is 3.07. The minimum Gasteiger partial charge on any atom is -0.414 e. The maximum Gasteiger partial charge on any atom is 0.193 e. The molecule has 0 aliphatic heterocycles. The summed E-state index contributed by atoms with van der Waals surface area (Å²) >= 11 is 0. The normalized spacial score (nSPS) is 13.2. The van der Waals surface area contributed by atoms with E-state index in [9.17, 15) is 0 Å². The van der Waals surface area contributed by atoms with Gasteiger partial charge in [-0.05, 0) is 48.9 Å². The maximum absolute atomic E-state index is 6.08. The highest BCUT2D eigenvalue weighted by Gasteiger charge is 2.17. The Morgan fingerprint density at radius 1 is 1.00 bits per heavy atom. The van der Waals surface area contributed by atoms with Crippen LogP contribution in [0.5, 0.6) is 0 Å². The minimum atomic E-state index is -0.641. The molecule has 0 saturated carbocycles. The average Bonchev–Trinajstić information content (AvgIpc) is 2.24. The molecule has 0 N–H and O–H groups in total. The molecule has 0 radical (unpaired) electrons. The molecule has 0 atom stereocenters. The van der Waals surface area contributed by atoms with Gasteiger partial charge < -0.3 is 4.43 Å². The van der Waals surface area contributed by atoms with Crippen LogP contribution >= 0.6 is 0 Å². The Kier molecular flexibility index (Phi) is 5.17. The molecule has 0 spiro atoms. The summed E-state index contributed by atoms with van der Waals surface area (Å²) in [5, 5.41) is 1.48. The molecule has 0 saturated heterocycles. The standard InChI is InChI=1S/C16H28OSi/c1-11(2)13-9-8-10-14(15(13)12(3)4)18-17-16(5,6)7/h8-12H,18H2,1-7H3. The number of rotatable bonds is 4. The van der Waals surface area contributed by atoms with Crippen molar-refractivity contribution in [1.29, 1.82) is 0 Å². The predicted molar refractivity (Wildman–Crippen MR) is 83.6 cm³/mol. The van der Waals surface area contributed by atoms with Gasteiger partial charge in [0.05, 0.1) is 0 Å². The van der Waals surface area contributed by atoms with Gasteiger partial charge in [-0.1, -0.05) is 45.9 Å². The number of hydrogen-bond donors (Lipinski definition) is 0. The second kappa shape index (κ2) is 6.03. The molecule has 1 aromatic rings. The molecular formula is C16H28OSi. The summed E-state index contributed by atoms with van der Waals surface area (Å²) in [6.07, 6.45) is 0. The molecule has 0 amide bonds. The lowest BCUT2D eigenvalue weighted by atomic mass is 9.91. The third-order valence-corrected chi connectivity index (χ3v) is 5.03. The Labute approximate surface area is 115 Å². The molecule has 0 aliphatic carbocycles. The summed E-state index contributed by atoms with van der Waals surface area (Å²) < 4.78 is 6.08. The van der Waals surface area contributed by atoms with Crippen LogP contribution in [0.3, 0.4) is 0 Å². The molecule has 0 aromatic heterocycles. The zero-order valence-corrected chi connectivity index (χ0v) is 14.4. The fourth-order valence-electron chi connectivity index (χ4n) is 2.26. The van der Waals surface area contributed by atoms with Gasteiger partial charge in [0.1, 0.15) is 0 Å². The van der Waals surface area contributed by atoms with Crippen LogP contribution in [-0.4, -0.2) is 15.4 Å². The second-order valence-corrected chi connectivity index (χ2v) is 7.97. The molecule has 0 bridgehead atoms. The molecular weight excluding hydrogens is 236 g/mol. The molecule has 0 fully saturated rings. The van der Waals surface area contributed by atoms with Crippen molar-refractivity contribution in [2.75, 3.05) is 0 Å². The van der Waals surface area contributed by atoms with Gasteiger partial charge in [-0.2, -0.15) is 0 Å². The summed E-state index contributed by atoms with van der Waals surface area (Å²) in [5.74, 6) is 1.17. The van der Waals surface area contributed by atoms with Crippen LogP contribution in [0.15, 0.2) is 18.2 Å². The SMILES string of the molecule is CC(C)c1cccc([SiH2]OC(C)(C)C)c1C(C)C. The van der Waals surface area contributed by atoms with Crippen molar-refractivity contribution in [2.24, 2.45) is 0 Å². The van der Waals surface area contributed by atoms with Crippen molar-refractivity contribution < 1.29 is 4.43 Å². The molecule has 18 heavy (non-hydrogen) atoms. The largest absolute Gasteiger partial charge is 0.414 e. The van der Waals surface area contributed by atoms with Crippen molar-refractivity contribution in [1.82, 2.24) is 0 Å². The van der Waals surface area contributed by atoms with Crippen LogP contribution in [-0.2, 0) is 4.43 Å². The van der Waals surface area contributed by atoms with Gasteiger partial charge in [-0.15, -0.1) is 0 Å². The van der Waals surface area contributed by atoms with Crippen molar-refractivity contribution in [2.45, 2.75) is 65.9 Å². The predicted octanol–water partition coefficient (Wildman–Crippen LogP) is 3.46. The summed E-state index contributed by atoms with van der Waals surface area (Å²) in [6.45, 7) is 15.5. The van der Waals surface area contributed by atoms with Crippen LogP contribution in [0.4, 0.5) is 0 Å². The van der Waals surface area contributed by atoms with E-state index < -0.39 is 9.76 Å². The smallest absolute Gasteiger partial charge is 0.193 e. The van der Waals surface area contributed by atoms with Gasteiger partial charge in [0.25, 0.3) is 0 Å². The summed E-state index contributed by atoms with van der Waals surface area (Å²) in [6, 6.07) is 6.73. The van der Waals surface area contributed by atoms with E-state index in [1.807, 2.05) is 0 Å². The van der Waals surface area contributed by atoms with E-state index in [1.54, 1.807) is 0 Å². The molecule has 102 valence electrons. The molecule has 0 aliphatic rings. The summed E-state index contributed by atoms with van der Waals surface area (Å²) in [5.41, 5.74) is 3.00. The second-order valence-electron chi connectivity index (χ2n) is 6.63. The van der Waals surface area contributed by atoms with Gasteiger partial charge in [0, 0.05) is 5.60 Å². The lowest BCUT2D eigenvalue weighted by Crippen LogP contribution is -2.31. The lowest BCUT2D eigenvalue weighted by Gasteiger charge is -2.24. The van der Waals surface area contributed by atoms with E-state index in [-0.39, 0.29) is 5.60 Å². The first kappa shape index (κ1) is 15.5. The van der Waals surface area contributed by atoms with Crippen LogP contribution < -0.4 is 5.19 Å². The van der Waals surface area contributed by atoms with Gasteiger partial charge in [-0.3, -0.25) is 0 Å². The van der Waals surface area contributed by atoms with Crippen LogP contribution in [0.2, 0.25) is 0 Å². The van der Waals surface area contributed by atoms with Crippen molar-refractivity contribution in [3.8, 4) is 0 Å². The van der Waals surface area contributed by atoms with Crippen molar-refractivity contribution in [3.05, 3.63) is 29.3 Å². The molecule has 0 unspecified atom stereocenters. The van der Waals surface area contributed by atoms with E-state index in [4.69, 9.17) is 4.43 Å². The zero-order chi connectivity index (χ0) is 13.9. The van der Waals surface area contributed by atoms with Gasteiger partial charge in [0.15, 0.2) is 9.76 Å². The fourth-order valence-corrected chi connectivity index (χ4v) is 3.85. The maximum atomic E-state index is 6.08. The number of hydrogen-bond acceptors (Lipinski definition) is 1. The summed E-state index contributed by atoms with van der Waals surface area (Å²) in [7, 11) is -0.641. The lowest BCUT2D eigenvalue weighted by molar-refractivity contribution is 0.141. The molecule has 1 aromatic carbocycles. The monoisotopic (exact) mass is 264 g/mol. The Hall–Kier alpha value is -0.603. The van der Waals surface area contributed by atoms with Crippen LogP contribution in [0.25, 0.3) is 0 Å². The van der Waals surface area contributed by atoms with E-state index >= 15 is 0 Å². The van der Waals surface area contributed by atoms with E-state index in [0.717, 1.165) is 0 Å². The van der Waals surface area contributed by atoms with E-state index in [2.05, 4.69) is 66.7 Å². The van der Waals surface area contributed by atoms with Crippen molar-refractivity contribution in [3.63, 3.8) is 0 Å². The Morgan fingerprint density at radius 2 is 1.61 bits per heavy atom. The average molecular weight is 264 g/mol. The molecule has 2 heteroatoms. The van der Waals surface area contributed by atoms with Crippen molar-refractivity contribution >= 4 is 14.9 Å². The van der Waals surface area contributed by atoms with Crippen LogP contribution in [0, 0.1) is 0 Å². The topological polar surface area (TPSA) is 9.23 Å². The Morgan fingerprint density at radius 3 is 2.06 bits per heavy atom. The summed E-state index contributed by atoms with van der Waals surface area (Å²) in [4.78, 5) is 0. The van der Waals surface area contributed by atoms with E-state index in [0.29, 0.717) is 11.8 Å². The third kappa shape index (κ3) is 4.25. The van der Waals surface area contributed by atoms with Crippen LogP contribution in [0.1, 0.15) is 71.4 Å². The molecule has 0 heterocycles.